The van der Waals surface area contributed by atoms with Crippen LogP contribution in [0.25, 0.3) is 0 Å². The fourth-order valence-corrected chi connectivity index (χ4v) is 3.92. The van der Waals surface area contributed by atoms with E-state index in [0.29, 0.717) is 16.9 Å². The summed E-state index contributed by atoms with van der Waals surface area (Å²) in [6.07, 6.45) is 0.916. The number of alkyl halides is 3. The van der Waals surface area contributed by atoms with Crippen molar-refractivity contribution in [3.8, 4) is 0 Å². The summed E-state index contributed by atoms with van der Waals surface area (Å²) in [6, 6.07) is 7.16. The Balaban J connectivity index is 1.87. The number of carbonyl (C=O) groups is 1. The first-order chi connectivity index (χ1) is 15.1. The van der Waals surface area contributed by atoms with Gasteiger partial charge in [0.1, 0.15) is 12.5 Å². The van der Waals surface area contributed by atoms with Crippen LogP contribution in [0.5, 0.6) is 0 Å². The maximum absolute atomic E-state index is 13.7. The lowest BCUT2D eigenvalue weighted by atomic mass is 10.0. The number of hydrogen-bond acceptors (Lipinski definition) is 3. The fraction of sp³-hybridized carbons (Fsp3) is 0.208. The maximum atomic E-state index is 13.7. The van der Waals surface area contributed by atoms with Crippen LogP contribution in [0, 0.1) is 12.7 Å². The van der Waals surface area contributed by atoms with Gasteiger partial charge in [-0.05, 0) is 74.4 Å². The normalized spacial score (nSPS) is 17.7. The molecular formula is C24H21F4N3O. The minimum absolute atomic E-state index is 0.0243. The van der Waals surface area contributed by atoms with E-state index in [1.54, 1.807) is 18.0 Å². The van der Waals surface area contributed by atoms with Gasteiger partial charge < -0.3 is 10.2 Å². The van der Waals surface area contributed by atoms with E-state index in [9.17, 15) is 22.4 Å². The Morgan fingerprint density at radius 1 is 1.03 bits per heavy atom. The van der Waals surface area contributed by atoms with Gasteiger partial charge in [0.15, 0.2) is 0 Å². The van der Waals surface area contributed by atoms with Gasteiger partial charge in [-0.3, -0.25) is 9.69 Å². The van der Waals surface area contributed by atoms with E-state index in [2.05, 4.69) is 5.32 Å². The first-order valence-corrected chi connectivity index (χ1v) is 9.98. The van der Waals surface area contributed by atoms with Crippen molar-refractivity contribution >= 4 is 17.3 Å². The minimum atomic E-state index is -4.56. The molecule has 4 rings (SSSR count). The number of carbonyl (C=O) groups excluding carboxylic acids is 1. The molecule has 1 N–H and O–H groups in total. The Labute approximate surface area is 183 Å². The van der Waals surface area contributed by atoms with Gasteiger partial charge in [-0.2, -0.15) is 13.2 Å². The molecule has 0 spiro atoms. The van der Waals surface area contributed by atoms with Gasteiger partial charge in [-0.25, -0.2) is 4.39 Å². The number of benzene rings is 2. The van der Waals surface area contributed by atoms with Crippen molar-refractivity contribution in [2.45, 2.75) is 26.9 Å². The maximum Gasteiger partial charge on any atom is 0.416 e. The molecule has 1 amide bonds. The number of fused-ring (bicyclic) bond motifs is 1. The number of nitrogens with zero attached hydrogens (tertiary/aromatic N) is 2. The van der Waals surface area contributed by atoms with E-state index in [0.717, 1.165) is 23.4 Å². The van der Waals surface area contributed by atoms with E-state index < -0.39 is 23.5 Å². The van der Waals surface area contributed by atoms with Gasteiger partial charge in [0.05, 0.1) is 22.5 Å². The lowest BCUT2D eigenvalue weighted by Gasteiger charge is -2.40. The second-order valence-corrected chi connectivity index (χ2v) is 7.71. The number of hydrogen-bond donors (Lipinski definition) is 1. The fourth-order valence-electron chi connectivity index (χ4n) is 3.92. The van der Waals surface area contributed by atoms with Crippen molar-refractivity contribution in [1.82, 2.24) is 10.2 Å². The molecule has 2 aliphatic heterocycles. The van der Waals surface area contributed by atoms with Gasteiger partial charge in [0.2, 0.25) is 0 Å². The molecule has 8 heteroatoms. The number of amides is 1. The highest BCUT2D eigenvalue weighted by molar-refractivity contribution is 6.04. The zero-order valence-electron chi connectivity index (χ0n) is 17.7. The topological polar surface area (TPSA) is 35.6 Å². The van der Waals surface area contributed by atoms with E-state index in [4.69, 9.17) is 0 Å². The van der Waals surface area contributed by atoms with Crippen LogP contribution >= 0.6 is 0 Å². The molecule has 4 nitrogen and oxygen atoms in total. The van der Waals surface area contributed by atoms with E-state index in [-0.39, 0.29) is 17.9 Å². The first kappa shape index (κ1) is 21.7. The van der Waals surface area contributed by atoms with Gasteiger partial charge in [-0.1, -0.05) is 6.08 Å². The van der Waals surface area contributed by atoms with Gasteiger partial charge in [0, 0.05) is 17.6 Å². The molecule has 0 aromatic heterocycles. The standard InChI is InChI=1S/C24H21F4N3O/c1-4-18-10-15(3)22(12-29-18)31-13-30(20-8-6-17(25)9-14(20)2)21-11-16(24(26,27)28)5-7-19(21)23(31)32/h4-12,29H,13H2,1-3H3/b18-4+. The van der Waals surface area contributed by atoms with Crippen LogP contribution in [0.3, 0.4) is 0 Å². The molecule has 2 aromatic rings. The van der Waals surface area contributed by atoms with Crippen molar-refractivity contribution in [3.05, 3.63) is 94.2 Å². The van der Waals surface area contributed by atoms with Crippen molar-refractivity contribution in [2.75, 3.05) is 11.6 Å². The number of nitrogens with one attached hydrogen (secondary N) is 1. The van der Waals surface area contributed by atoms with Crippen LogP contribution in [-0.2, 0) is 6.18 Å². The van der Waals surface area contributed by atoms with Gasteiger partial charge in [-0.15, -0.1) is 0 Å². The molecular weight excluding hydrogens is 422 g/mol. The summed E-state index contributed by atoms with van der Waals surface area (Å²) in [6.45, 7) is 5.39. The number of rotatable bonds is 2. The second kappa shape index (κ2) is 7.85. The summed E-state index contributed by atoms with van der Waals surface area (Å²) >= 11 is 0. The third kappa shape index (κ3) is 3.77. The summed E-state index contributed by atoms with van der Waals surface area (Å²) in [7, 11) is 0. The summed E-state index contributed by atoms with van der Waals surface area (Å²) < 4.78 is 54.0. The number of anilines is 2. The predicted molar refractivity (Wildman–Crippen MR) is 114 cm³/mol. The molecule has 0 unspecified atom stereocenters. The highest BCUT2D eigenvalue weighted by Crippen LogP contribution is 2.41. The number of allylic oxidation sites excluding steroid dienone is 3. The van der Waals surface area contributed by atoms with Crippen molar-refractivity contribution in [2.24, 2.45) is 0 Å². The quantitative estimate of drug-likeness (QED) is 0.579. The van der Waals surface area contributed by atoms with E-state index >= 15 is 0 Å². The molecule has 0 saturated carbocycles. The van der Waals surface area contributed by atoms with Gasteiger partial charge >= 0.3 is 6.18 Å². The summed E-state index contributed by atoms with van der Waals surface area (Å²) in [5, 5.41) is 3.11. The predicted octanol–water partition coefficient (Wildman–Crippen LogP) is 6.00. The van der Waals surface area contributed by atoms with E-state index in [1.807, 2.05) is 26.0 Å². The van der Waals surface area contributed by atoms with Crippen molar-refractivity contribution in [3.63, 3.8) is 0 Å². The van der Waals surface area contributed by atoms with Crippen LogP contribution in [0.4, 0.5) is 28.9 Å². The Kier molecular flexibility index (Phi) is 5.32. The highest BCUT2D eigenvalue weighted by Gasteiger charge is 2.37. The van der Waals surface area contributed by atoms with E-state index in [1.165, 1.54) is 29.2 Å². The summed E-state index contributed by atoms with van der Waals surface area (Å²) in [5.41, 5.74) is 2.79. The Morgan fingerprint density at radius 2 is 1.78 bits per heavy atom. The number of aryl methyl sites for hydroxylation is 1. The average molecular weight is 443 g/mol. The Morgan fingerprint density at radius 3 is 2.41 bits per heavy atom. The van der Waals surface area contributed by atoms with Crippen LogP contribution < -0.4 is 10.2 Å². The van der Waals surface area contributed by atoms with Gasteiger partial charge in [0.25, 0.3) is 5.91 Å². The number of halogens is 4. The molecule has 2 aromatic carbocycles. The molecule has 0 aliphatic carbocycles. The summed E-state index contributed by atoms with van der Waals surface area (Å²) in [4.78, 5) is 16.5. The zero-order chi connectivity index (χ0) is 23.2. The molecule has 0 atom stereocenters. The van der Waals surface area contributed by atoms with Crippen LogP contribution in [-0.4, -0.2) is 17.5 Å². The van der Waals surface area contributed by atoms with Crippen molar-refractivity contribution in [1.29, 1.82) is 0 Å². The lowest BCUT2D eigenvalue weighted by molar-refractivity contribution is -0.137. The first-order valence-electron chi connectivity index (χ1n) is 9.98. The smallest absolute Gasteiger partial charge is 0.360 e. The van der Waals surface area contributed by atoms with Crippen molar-refractivity contribution < 1.29 is 22.4 Å². The molecule has 0 fully saturated rings. The van der Waals surface area contributed by atoms with Crippen LogP contribution in [0.1, 0.15) is 35.3 Å². The average Bonchev–Trinajstić information content (AvgIpc) is 2.74. The SMILES string of the molecule is C/C=C1\C=C(C)C(N2CN(c3ccc(F)cc3C)c3cc(C(F)(F)F)ccc3C2=O)=CN1. The summed E-state index contributed by atoms with van der Waals surface area (Å²) in [5.74, 6) is -0.855. The highest BCUT2D eigenvalue weighted by atomic mass is 19.4. The Hall–Kier alpha value is -3.55. The Bertz CT molecular complexity index is 1190. The monoisotopic (exact) mass is 443 g/mol. The third-order valence-electron chi connectivity index (χ3n) is 5.58. The largest absolute Gasteiger partial charge is 0.416 e. The molecule has 2 heterocycles. The third-order valence-corrected chi connectivity index (χ3v) is 5.58. The molecule has 2 aliphatic rings. The number of dihydropyridines is 1. The molecule has 0 saturated heterocycles. The van der Waals surface area contributed by atoms with Crippen LogP contribution in [0.2, 0.25) is 0 Å². The molecule has 0 radical (unpaired) electrons. The second-order valence-electron chi connectivity index (χ2n) is 7.71. The lowest BCUT2D eigenvalue weighted by Crippen LogP contribution is -2.45. The van der Waals surface area contributed by atoms with Crippen LogP contribution in [0.15, 0.2) is 71.7 Å². The zero-order valence-corrected chi connectivity index (χ0v) is 17.7. The molecule has 0 bridgehead atoms. The molecule has 166 valence electrons. The molecule has 32 heavy (non-hydrogen) atoms. The minimum Gasteiger partial charge on any atom is -0.360 e.